The van der Waals surface area contributed by atoms with Gasteiger partial charge in [-0.25, -0.2) is 0 Å². The molecule has 1 fully saturated rings. The minimum absolute atomic E-state index is 0.135. The summed E-state index contributed by atoms with van der Waals surface area (Å²) in [5, 5.41) is 20.5. The molecule has 1 aliphatic rings. The fourth-order valence-electron chi connectivity index (χ4n) is 3.22. The van der Waals surface area contributed by atoms with Crippen molar-refractivity contribution in [3.05, 3.63) is 35.7 Å². The van der Waals surface area contributed by atoms with Crippen molar-refractivity contribution in [3.63, 3.8) is 0 Å². The number of rotatable bonds is 4. The molecule has 1 unspecified atom stereocenters. The van der Waals surface area contributed by atoms with Crippen LogP contribution in [0.1, 0.15) is 45.6 Å². The number of benzene rings is 1. The minimum Gasteiger partial charge on any atom is -0.419 e. The van der Waals surface area contributed by atoms with E-state index in [9.17, 15) is 0 Å². The van der Waals surface area contributed by atoms with E-state index in [0.717, 1.165) is 12.0 Å². The van der Waals surface area contributed by atoms with E-state index in [1.807, 2.05) is 0 Å². The lowest BCUT2D eigenvalue weighted by Crippen LogP contribution is -2.43. The summed E-state index contributed by atoms with van der Waals surface area (Å²) in [6.45, 7) is 8.89. The zero-order chi connectivity index (χ0) is 17.4. The Bertz CT molecular complexity index is 756. The average molecular weight is 326 g/mol. The second-order valence-electron chi connectivity index (χ2n) is 7.29. The van der Waals surface area contributed by atoms with Crippen molar-refractivity contribution in [2.24, 2.45) is 0 Å². The van der Waals surface area contributed by atoms with Crippen LogP contribution in [0.25, 0.3) is 11.5 Å². The molecular formula is C18H22N4O2. The third kappa shape index (κ3) is 3.48. The van der Waals surface area contributed by atoms with Crippen LogP contribution in [0.2, 0.25) is 0 Å². The summed E-state index contributed by atoms with van der Waals surface area (Å²) in [5.74, 6) is 0.994. The molecule has 1 aliphatic heterocycles. The minimum atomic E-state index is -0.237. The summed E-state index contributed by atoms with van der Waals surface area (Å²) in [7, 11) is 0. The van der Waals surface area contributed by atoms with Gasteiger partial charge in [0.25, 0.3) is 0 Å². The van der Waals surface area contributed by atoms with Crippen LogP contribution < -0.4 is 5.32 Å². The van der Waals surface area contributed by atoms with Crippen LogP contribution in [-0.2, 0) is 11.3 Å². The van der Waals surface area contributed by atoms with E-state index in [-0.39, 0.29) is 17.2 Å². The Morgan fingerprint density at radius 3 is 2.50 bits per heavy atom. The second-order valence-corrected chi connectivity index (χ2v) is 7.29. The van der Waals surface area contributed by atoms with Gasteiger partial charge in [0.05, 0.1) is 29.4 Å². The Hall–Kier alpha value is -2.23. The van der Waals surface area contributed by atoms with Crippen LogP contribution in [0, 0.1) is 11.3 Å². The third-order valence-electron chi connectivity index (χ3n) is 4.30. The molecular weight excluding hydrogens is 304 g/mol. The molecule has 6 nitrogen and oxygen atoms in total. The van der Waals surface area contributed by atoms with Crippen LogP contribution in [0.15, 0.2) is 28.7 Å². The van der Waals surface area contributed by atoms with E-state index in [2.05, 4.69) is 49.3 Å². The maximum absolute atomic E-state index is 8.84. The van der Waals surface area contributed by atoms with Gasteiger partial charge in [-0.1, -0.05) is 0 Å². The van der Waals surface area contributed by atoms with Crippen molar-refractivity contribution in [1.82, 2.24) is 15.5 Å². The smallest absolute Gasteiger partial charge is 0.247 e. The lowest BCUT2D eigenvalue weighted by molar-refractivity contribution is -0.0699. The normalized spacial score (nSPS) is 21.5. The Kier molecular flexibility index (Phi) is 4.16. The Morgan fingerprint density at radius 2 is 1.92 bits per heavy atom. The quantitative estimate of drug-likeness (QED) is 0.929. The van der Waals surface area contributed by atoms with Crippen molar-refractivity contribution in [3.8, 4) is 17.5 Å². The number of aromatic nitrogens is 2. The van der Waals surface area contributed by atoms with Crippen molar-refractivity contribution in [1.29, 1.82) is 5.26 Å². The van der Waals surface area contributed by atoms with Crippen LogP contribution in [0.5, 0.6) is 0 Å². The van der Waals surface area contributed by atoms with Crippen molar-refractivity contribution in [2.75, 3.05) is 0 Å². The fraction of sp³-hybridized carbons (Fsp3) is 0.500. The summed E-state index contributed by atoms with van der Waals surface area (Å²) in [6.07, 6.45) is 0.927. The van der Waals surface area contributed by atoms with Gasteiger partial charge in [-0.2, -0.15) is 5.26 Å². The first-order valence-electron chi connectivity index (χ1n) is 8.05. The van der Waals surface area contributed by atoms with Gasteiger partial charge in [0.15, 0.2) is 0 Å². The number of hydrogen-bond donors (Lipinski definition) is 1. The predicted molar refractivity (Wildman–Crippen MR) is 88.9 cm³/mol. The van der Waals surface area contributed by atoms with Crippen LogP contribution in [-0.4, -0.2) is 27.4 Å². The molecule has 0 radical (unpaired) electrons. The first kappa shape index (κ1) is 16.6. The molecule has 0 aliphatic carbocycles. The van der Waals surface area contributed by atoms with Gasteiger partial charge in [0, 0.05) is 11.6 Å². The molecule has 1 aromatic carbocycles. The van der Waals surface area contributed by atoms with Gasteiger partial charge in [-0.3, -0.25) is 0 Å². The molecule has 3 rings (SSSR count). The summed E-state index contributed by atoms with van der Waals surface area (Å²) in [5.41, 5.74) is 1.04. The van der Waals surface area contributed by atoms with Crippen LogP contribution in [0.3, 0.4) is 0 Å². The fourth-order valence-corrected chi connectivity index (χ4v) is 3.22. The summed E-state index contributed by atoms with van der Waals surface area (Å²) in [4.78, 5) is 0. The highest BCUT2D eigenvalue weighted by molar-refractivity contribution is 5.54. The largest absolute Gasteiger partial charge is 0.419 e. The Labute approximate surface area is 141 Å². The first-order chi connectivity index (χ1) is 11.3. The van der Waals surface area contributed by atoms with Gasteiger partial charge >= 0.3 is 0 Å². The number of nitrogens with zero attached hydrogens (tertiary/aromatic N) is 3. The van der Waals surface area contributed by atoms with Gasteiger partial charge in [0.2, 0.25) is 11.8 Å². The third-order valence-corrected chi connectivity index (χ3v) is 4.30. The van der Waals surface area contributed by atoms with Gasteiger partial charge in [-0.15, -0.1) is 10.2 Å². The van der Waals surface area contributed by atoms with Gasteiger partial charge < -0.3 is 14.5 Å². The molecule has 0 spiro atoms. The molecule has 0 bridgehead atoms. The molecule has 126 valence electrons. The molecule has 1 saturated heterocycles. The molecule has 2 heterocycles. The van der Waals surface area contributed by atoms with E-state index < -0.39 is 0 Å². The van der Waals surface area contributed by atoms with E-state index in [4.69, 9.17) is 14.4 Å². The average Bonchev–Trinajstić information content (AvgIpc) is 3.06. The number of hydrogen-bond acceptors (Lipinski definition) is 6. The van der Waals surface area contributed by atoms with Gasteiger partial charge in [-0.05, 0) is 58.4 Å². The predicted octanol–water partition coefficient (Wildman–Crippen LogP) is 3.04. The van der Waals surface area contributed by atoms with E-state index in [1.165, 1.54) is 0 Å². The molecule has 0 amide bonds. The molecule has 2 aromatic rings. The lowest BCUT2D eigenvalue weighted by atomic mass is 9.94. The monoisotopic (exact) mass is 326 g/mol. The molecule has 1 aromatic heterocycles. The standard InChI is InChI=1S/C18H22N4O2/c1-17(2)9-14(18(3,4)24-17)20-11-15-21-22-16(23-15)13-7-5-12(10-19)6-8-13/h5-8,14,20H,9,11H2,1-4H3. The number of nitrogens with one attached hydrogen (secondary N) is 1. The zero-order valence-corrected chi connectivity index (χ0v) is 14.5. The first-order valence-corrected chi connectivity index (χ1v) is 8.05. The highest BCUT2D eigenvalue weighted by Gasteiger charge is 2.45. The van der Waals surface area contributed by atoms with Crippen molar-refractivity contribution >= 4 is 0 Å². The highest BCUT2D eigenvalue weighted by atomic mass is 16.5. The Balaban J connectivity index is 1.65. The SMILES string of the molecule is CC1(C)CC(NCc2nnc(-c3ccc(C#N)cc3)o2)C(C)(C)O1. The summed E-state index contributed by atoms with van der Waals surface area (Å²) >= 11 is 0. The van der Waals surface area contributed by atoms with Crippen molar-refractivity contribution in [2.45, 2.75) is 57.9 Å². The van der Waals surface area contributed by atoms with Gasteiger partial charge in [0.1, 0.15) is 0 Å². The van der Waals surface area contributed by atoms with Crippen LogP contribution in [0.4, 0.5) is 0 Å². The van der Waals surface area contributed by atoms with E-state index >= 15 is 0 Å². The molecule has 24 heavy (non-hydrogen) atoms. The van der Waals surface area contributed by atoms with Crippen LogP contribution >= 0.6 is 0 Å². The molecule has 1 atom stereocenters. The molecule has 1 N–H and O–H groups in total. The number of nitriles is 1. The van der Waals surface area contributed by atoms with E-state index in [0.29, 0.717) is 23.9 Å². The summed E-state index contributed by atoms with van der Waals surface area (Å²) in [6, 6.07) is 9.39. The summed E-state index contributed by atoms with van der Waals surface area (Å²) < 4.78 is 11.8. The lowest BCUT2D eigenvalue weighted by Gasteiger charge is -2.27. The Morgan fingerprint density at radius 1 is 1.21 bits per heavy atom. The topological polar surface area (TPSA) is 84.0 Å². The van der Waals surface area contributed by atoms with E-state index in [1.54, 1.807) is 24.3 Å². The molecule has 6 heteroatoms. The zero-order valence-electron chi connectivity index (χ0n) is 14.5. The number of ether oxygens (including phenoxy) is 1. The maximum Gasteiger partial charge on any atom is 0.247 e. The highest BCUT2D eigenvalue weighted by Crippen LogP contribution is 2.37. The maximum atomic E-state index is 8.84. The van der Waals surface area contributed by atoms with Crippen molar-refractivity contribution < 1.29 is 9.15 Å². The second kappa shape index (κ2) is 6.00. The molecule has 0 saturated carbocycles.